The monoisotopic (exact) mass is 265 g/mol. The normalized spacial score (nSPS) is 11.0. The first-order valence-electron chi connectivity index (χ1n) is 4.96. The van der Waals surface area contributed by atoms with Crippen molar-refractivity contribution in [3.8, 4) is 0 Å². The molecule has 1 aromatic carbocycles. The lowest BCUT2D eigenvalue weighted by Gasteiger charge is -1.97. The summed E-state index contributed by atoms with van der Waals surface area (Å²) in [4.78, 5) is 26.6. The molecule has 92 valence electrons. The summed E-state index contributed by atoms with van der Waals surface area (Å²) in [6.07, 6.45) is 2.38. The molecule has 0 aliphatic heterocycles. The largest absolute Gasteiger partial charge is 0.466 e. The summed E-state index contributed by atoms with van der Waals surface area (Å²) >= 11 is 5.77. The van der Waals surface area contributed by atoms with Gasteiger partial charge in [0.15, 0.2) is 0 Å². The van der Waals surface area contributed by atoms with E-state index < -0.39 is 11.6 Å². The van der Waals surface area contributed by atoms with Crippen molar-refractivity contribution in [2.45, 2.75) is 0 Å². The Morgan fingerprint density at radius 2 is 2.28 bits per heavy atom. The van der Waals surface area contributed by atoms with Crippen LogP contribution in [-0.4, -0.2) is 18.1 Å². The number of rotatable bonds is 2. The molecule has 0 atom stereocenters. The molecule has 1 aromatic heterocycles. The van der Waals surface area contributed by atoms with E-state index in [0.29, 0.717) is 10.5 Å². The zero-order chi connectivity index (χ0) is 13.1. The summed E-state index contributed by atoms with van der Waals surface area (Å²) in [6.45, 7) is 0. The van der Waals surface area contributed by atoms with Gasteiger partial charge in [0.2, 0.25) is 5.89 Å². The molecule has 0 saturated heterocycles. The fourth-order valence-corrected chi connectivity index (χ4v) is 1.51. The van der Waals surface area contributed by atoms with Crippen LogP contribution in [0.25, 0.3) is 17.0 Å². The molecule has 5 nitrogen and oxygen atoms in total. The lowest BCUT2D eigenvalue weighted by molar-refractivity contribution is -0.134. The molecule has 1 heterocycles. The van der Waals surface area contributed by atoms with Gasteiger partial charge in [-0.2, -0.15) is 0 Å². The number of hydrogen-bond donors (Lipinski definition) is 0. The highest BCUT2D eigenvalue weighted by Crippen LogP contribution is 2.15. The number of carbonyl (C=O) groups excluding carboxylic acids is 1. The molecule has 2 rings (SSSR count). The van der Waals surface area contributed by atoms with Crippen molar-refractivity contribution >= 4 is 34.5 Å². The summed E-state index contributed by atoms with van der Waals surface area (Å²) in [5.41, 5.74) is -0.118. The number of esters is 1. The number of ether oxygens (including phenoxy) is 1. The molecule has 2 aromatic rings. The number of carbonyl (C=O) groups is 1. The summed E-state index contributed by atoms with van der Waals surface area (Å²) in [6, 6.07) is 4.69. The van der Waals surface area contributed by atoms with Crippen LogP contribution >= 0.6 is 11.6 Å². The average molecular weight is 266 g/mol. The van der Waals surface area contributed by atoms with Gasteiger partial charge < -0.3 is 9.15 Å². The van der Waals surface area contributed by atoms with E-state index in [2.05, 4.69) is 9.72 Å². The average Bonchev–Trinajstić information content (AvgIpc) is 2.37. The van der Waals surface area contributed by atoms with Gasteiger partial charge in [0.25, 0.3) is 0 Å². The summed E-state index contributed by atoms with van der Waals surface area (Å²) in [5, 5.41) is 0.715. The van der Waals surface area contributed by atoms with E-state index in [1.165, 1.54) is 19.3 Å². The van der Waals surface area contributed by atoms with Gasteiger partial charge in [-0.1, -0.05) is 11.6 Å². The van der Waals surface area contributed by atoms with Crippen LogP contribution in [0, 0.1) is 0 Å². The van der Waals surface area contributed by atoms with Crippen LogP contribution < -0.4 is 5.63 Å². The lowest BCUT2D eigenvalue weighted by atomic mass is 10.2. The maximum atomic E-state index is 11.7. The zero-order valence-electron chi connectivity index (χ0n) is 9.34. The Hall–Kier alpha value is -2.14. The third kappa shape index (κ3) is 2.57. The number of halogens is 1. The predicted molar refractivity (Wildman–Crippen MR) is 66.3 cm³/mol. The number of methoxy groups -OCH3 is 1. The van der Waals surface area contributed by atoms with E-state index in [4.69, 9.17) is 16.0 Å². The Balaban J connectivity index is 2.50. The highest BCUT2D eigenvalue weighted by Gasteiger charge is 2.05. The first kappa shape index (κ1) is 12.3. The SMILES string of the molecule is COC(=O)/C=C\c1nc2ccc(Cl)cc2c(=O)o1. The van der Waals surface area contributed by atoms with Crippen LogP contribution in [0.4, 0.5) is 0 Å². The van der Waals surface area contributed by atoms with Crippen LogP contribution in [0.5, 0.6) is 0 Å². The van der Waals surface area contributed by atoms with Gasteiger partial charge in [-0.05, 0) is 18.2 Å². The molecule has 0 unspecified atom stereocenters. The smallest absolute Gasteiger partial charge is 0.347 e. The second-order valence-corrected chi connectivity index (χ2v) is 3.79. The van der Waals surface area contributed by atoms with Crippen LogP contribution in [0.3, 0.4) is 0 Å². The van der Waals surface area contributed by atoms with Crippen molar-refractivity contribution in [3.63, 3.8) is 0 Å². The number of hydrogen-bond acceptors (Lipinski definition) is 5. The van der Waals surface area contributed by atoms with Crippen molar-refractivity contribution in [2.24, 2.45) is 0 Å². The Morgan fingerprint density at radius 3 is 3.00 bits per heavy atom. The van der Waals surface area contributed by atoms with Gasteiger partial charge in [-0.25, -0.2) is 14.6 Å². The molecule has 0 amide bonds. The van der Waals surface area contributed by atoms with Crippen molar-refractivity contribution in [2.75, 3.05) is 7.11 Å². The zero-order valence-corrected chi connectivity index (χ0v) is 10.1. The maximum Gasteiger partial charge on any atom is 0.347 e. The van der Waals surface area contributed by atoms with Gasteiger partial charge in [0, 0.05) is 17.2 Å². The molecule has 18 heavy (non-hydrogen) atoms. The Labute approximate surface area is 107 Å². The molecular weight excluding hydrogens is 258 g/mol. The van der Waals surface area contributed by atoms with Gasteiger partial charge in [0.1, 0.15) is 0 Å². The minimum absolute atomic E-state index is 0.0280. The Kier molecular flexibility index (Phi) is 3.43. The lowest BCUT2D eigenvalue weighted by Crippen LogP contribution is -2.03. The van der Waals surface area contributed by atoms with Crippen LogP contribution in [0.2, 0.25) is 5.02 Å². The summed E-state index contributed by atoms with van der Waals surface area (Å²) in [7, 11) is 1.25. The fourth-order valence-electron chi connectivity index (χ4n) is 1.34. The van der Waals surface area contributed by atoms with Crippen LogP contribution in [-0.2, 0) is 9.53 Å². The Morgan fingerprint density at radius 1 is 1.50 bits per heavy atom. The van der Waals surface area contributed by atoms with E-state index >= 15 is 0 Å². The topological polar surface area (TPSA) is 69.4 Å². The fraction of sp³-hybridized carbons (Fsp3) is 0.0833. The molecule has 0 saturated carbocycles. The van der Waals surface area contributed by atoms with Crippen molar-refractivity contribution in [1.29, 1.82) is 0 Å². The summed E-state index contributed by atoms with van der Waals surface area (Å²) < 4.78 is 9.34. The number of aromatic nitrogens is 1. The van der Waals surface area contributed by atoms with Crippen molar-refractivity contribution in [1.82, 2.24) is 4.98 Å². The van der Waals surface area contributed by atoms with Crippen molar-refractivity contribution < 1.29 is 13.9 Å². The van der Waals surface area contributed by atoms with Gasteiger partial charge in [-0.3, -0.25) is 0 Å². The van der Waals surface area contributed by atoms with E-state index in [1.807, 2.05) is 0 Å². The first-order valence-corrected chi connectivity index (χ1v) is 5.34. The summed E-state index contributed by atoms with van der Waals surface area (Å²) in [5.74, 6) is -0.532. The van der Waals surface area contributed by atoms with E-state index in [9.17, 15) is 9.59 Å². The number of fused-ring (bicyclic) bond motifs is 1. The molecule has 6 heteroatoms. The third-order valence-electron chi connectivity index (χ3n) is 2.17. The van der Waals surface area contributed by atoms with Crippen LogP contribution in [0.1, 0.15) is 5.89 Å². The molecular formula is C12H8ClNO4. The quantitative estimate of drug-likeness (QED) is 0.614. The highest BCUT2D eigenvalue weighted by atomic mass is 35.5. The van der Waals surface area contributed by atoms with Gasteiger partial charge in [-0.15, -0.1) is 0 Å². The predicted octanol–water partition coefficient (Wildman–Crippen LogP) is 2.03. The van der Waals surface area contributed by atoms with E-state index in [1.54, 1.807) is 12.1 Å². The van der Waals surface area contributed by atoms with Crippen molar-refractivity contribution in [3.05, 3.63) is 45.6 Å². The van der Waals surface area contributed by atoms with E-state index in [-0.39, 0.29) is 11.3 Å². The molecule has 0 aliphatic rings. The van der Waals surface area contributed by atoms with Crippen LogP contribution in [0.15, 0.2) is 33.5 Å². The molecule has 0 radical (unpaired) electrons. The first-order chi connectivity index (χ1) is 8.60. The Bertz CT molecular complexity index is 690. The molecule has 0 N–H and O–H groups in total. The maximum absolute atomic E-state index is 11.7. The minimum atomic E-state index is -0.563. The third-order valence-corrected chi connectivity index (χ3v) is 2.40. The second kappa shape index (κ2) is 5.01. The van der Waals surface area contributed by atoms with Gasteiger partial charge in [0.05, 0.1) is 18.0 Å². The second-order valence-electron chi connectivity index (χ2n) is 3.36. The van der Waals surface area contributed by atoms with Gasteiger partial charge >= 0.3 is 11.6 Å². The molecule has 0 aliphatic carbocycles. The highest BCUT2D eigenvalue weighted by molar-refractivity contribution is 6.31. The van der Waals surface area contributed by atoms with E-state index in [0.717, 1.165) is 6.08 Å². The molecule has 0 bridgehead atoms. The standard InChI is InChI=1S/C12H8ClNO4/c1-17-11(15)5-4-10-14-9-3-2-7(13)6-8(9)12(16)18-10/h2-6H,1H3/b5-4-. The molecule has 0 spiro atoms. The number of benzene rings is 1. The molecule has 0 fully saturated rings. The minimum Gasteiger partial charge on any atom is -0.466 e. The number of nitrogens with zero attached hydrogens (tertiary/aromatic N) is 1.